The number of methoxy groups -OCH3 is 3. The number of benzene rings is 3. The first-order valence-electron chi connectivity index (χ1n) is 11.3. The molecule has 0 fully saturated rings. The summed E-state index contributed by atoms with van der Waals surface area (Å²) in [5.41, 5.74) is 3.87. The van der Waals surface area contributed by atoms with Crippen molar-refractivity contribution in [3.05, 3.63) is 77.4 Å². The third-order valence-corrected chi connectivity index (χ3v) is 6.18. The van der Waals surface area contributed by atoms with E-state index in [9.17, 15) is 0 Å². The highest BCUT2D eigenvalue weighted by Gasteiger charge is 2.43. The first-order valence-corrected chi connectivity index (χ1v) is 11.3. The highest BCUT2D eigenvalue weighted by molar-refractivity contribution is 6.02. The molecule has 0 bridgehead atoms. The molecule has 0 saturated heterocycles. The molecular formula is C27H28N2O5. The molecule has 34 heavy (non-hydrogen) atoms. The van der Waals surface area contributed by atoms with Gasteiger partial charge in [-0.25, -0.2) is 5.01 Å². The Balaban J connectivity index is 1.65. The lowest BCUT2D eigenvalue weighted by Crippen LogP contribution is -2.34. The summed E-state index contributed by atoms with van der Waals surface area (Å²) in [5.74, 6) is 3.52. The van der Waals surface area contributed by atoms with Crippen molar-refractivity contribution in [3.8, 4) is 28.7 Å². The maximum atomic E-state index is 6.62. The van der Waals surface area contributed by atoms with Crippen LogP contribution < -0.4 is 23.7 Å². The maximum absolute atomic E-state index is 6.62. The van der Waals surface area contributed by atoms with Crippen molar-refractivity contribution in [1.82, 2.24) is 5.01 Å². The van der Waals surface area contributed by atoms with Gasteiger partial charge in [-0.05, 0) is 37.3 Å². The molecule has 0 unspecified atom stereocenters. The quantitative estimate of drug-likeness (QED) is 0.474. The molecule has 7 nitrogen and oxygen atoms in total. The van der Waals surface area contributed by atoms with Crippen molar-refractivity contribution >= 4 is 5.71 Å². The fourth-order valence-corrected chi connectivity index (χ4v) is 4.64. The average molecular weight is 461 g/mol. The molecule has 2 atom stereocenters. The Morgan fingerprint density at radius 3 is 2.41 bits per heavy atom. The van der Waals surface area contributed by atoms with Crippen molar-refractivity contribution in [1.29, 1.82) is 0 Å². The van der Waals surface area contributed by atoms with Gasteiger partial charge in [0.25, 0.3) is 0 Å². The Bertz CT molecular complexity index is 1230. The molecule has 0 aromatic heterocycles. The molecule has 2 aliphatic rings. The van der Waals surface area contributed by atoms with Crippen LogP contribution in [0.2, 0.25) is 0 Å². The molecule has 0 aliphatic carbocycles. The molecule has 2 aliphatic heterocycles. The lowest BCUT2D eigenvalue weighted by Gasteiger charge is -2.39. The fraction of sp³-hybridized carbons (Fsp3) is 0.296. The molecule has 0 amide bonds. The van der Waals surface area contributed by atoms with Gasteiger partial charge < -0.3 is 23.7 Å². The molecule has 0 saturated carbocycles. The van der Waals surface area contributed by atoms with Crippen LogP contribution in [0.1, 0.15) is 42.3 Å². The van der Waals surface area contributed by atoms with E-state index < -0.39 is 6.23 Å². The predicted molar refractivity (Wildman–Crippen MR) is 129 cm³/mol. The van der Waals surface area contributed by atoms with Crippen LogP contribution >= 0.6 is 0 Å². The molecule has 3 aromatic rings. The van der Waals surface area contributed by atoms with Crippen molar-refractivity contribution in [2.75, 3.05) is 27.9 Å². The van der Waals surface area contributed by atoms with Gasteiger partial charge in [0.05, 0.1) is 45.3 Å². The third-order valence-electron chi connectivity index (χ3n) is 6.18. The van der Waals surface area contributed by atoms with Crippen molar-refractivity contribution in [2.24, 2.45) is 5.10 Å². The van der Waals surface area contributed by atoms with Crippen LogP contribution in [0.25, 0.3) is 0 Å². The summed E-state index contributed by atoms with van der Waals surface area (Å²) in [6.45, 7) is 2.52. The van der Waals surface area contributed by atoms with E-state index in [2.05, 4.69) is 12.1 Å². The number of ether oxygens (including phenoxy) is 5. The van der Waals surface area contributed by atoms with Crippen LogP contribution in [0.15, 0.2) is 65.8 Å². The van der Waals surface area contributed by atoms with Crippen LogP contribution in [-0.2, 0) is 0 Å². The van der Waals surface area contributed by atoms with Crippen molar-refractivity contribution in [3.63, 3.8) is 0 Å². The number of para-hydroxylation sites is 2. The van der Waals surface area contributed by atoms with Crippen LogP contribution in [0.3, 0.4) is 0 Å². The molecule has 176 valence electrons. The smallest absolute Gasteiger partial charge is 0.217 e. The highest BCUT2D eigenvalue weighted by Crippen LogP contribution is 2.52. The third kappa shape index (κ3) is 3.67. The summed E-state index contributed by atoms with van der Waals surface area (Å²) in [4.78, 5) is 0. The van der Waals surface area contributed by atoms with E-state index in [1.54, 1.807) is 21.3 Å². The minimum Gasteiger partial charge on any atom is -0.497 e. The van der Waals surface area contributed by atoms with Gasteiger partial charge in [-0.2, -0.15) is 5.10 Å². The van der Waals surface area contributed by atoms with Gasteiger partial charge in [0.1, 0.15) is 5.75 Å². The average Bonchev–Trinajstić information content (AvgIpc) is 3.34. The first-order chi connectivity index (χ1) is 16.7. The standard InChI is InChI=1S/C27H28N2O5/c1-5-33-24-14-7-11-19-22-16-21(17-9-6-10-18(15-17)30-2)28-29(22)27(34-26(19)24)20-12-8-13-23(31-3)25(20)32-4/h6-15,22,27H,5,16H2,1-4H3/t22-,27+/m1/s1. The van der Waals surface area contributed by atoms with Crippen LogP contribution in [0, 0.1) is 0 Å². The van der Waals surface area contributed by atoms with Gasteiger partial charge >= 0.3 is 0 Å². The Kier molecular flexibility index (Phi) is 5.92. The second-order valence-electron chi connectivity index (χ2n) is 8.04. The zero-order valence-corrected chi connectivity index (χ0v) is 19.8. The second-order valence-corrected chi connectivity index (χ2v) is 8.04. The van der Waals surface area contributed by atoms with E-state index in [4.69, 9.17) is 28.8 Å². The number of rotatable bonds is 7. The zero-order valence-electron chi connectivity index (χ0n) is 19.8. The summed E-state index contributed by atoms with van der Waals surface area (Å²) < 4.78 is 29.3. The SMILES string of the molecule is CCOc1cccc2c1O[C@@H](c1cccc(OC)c1OC)N1N=C(c3cccc(OC)c3)C[C@H]21. The molecule has 3 aromatic carbocycles. The van der Waals surface area contributed by atoms with E-state index in [1.165, 1.54) is 0 Å². The first kappa shape index (κ1) is 21.9. The molecule has 0 radical (unpaired) electrons. The Hall–Kier alpha value is -3.87. The van der Waals surface area contributed by atoms with E-state index >= 15 is 0 Å². The van der Waals surface area contributed by atoms with Crippen LogP contribution in [0.5, 0.6) is 28.7 Å². The normalized spacial score (nSPS) is 18.4. The van der Waals surface area contributed by atoms with Gasteiger partial charge in [-0.3, -0.25) is 0 Å². The fourth-order valence-electron chi connectivity index (χ4n) is 4.64. The van der Waals surface area contributed by atoms with Crippen molar-refractivity contribution < 1.29 is 23.7 Å². The predicted octanol–water partition coefficient (Wildman–Crippen LogP) is 5.35. The molecule has 5 rings (SSSR count). The number of hydrogen-bond acceptors (Lipinski definition) is 7. The summed E-state index contributed by atoms with van der Waals surface area (Å²) in [6, 6.07) is 19.8. The maximum Gasteiger partial charge on any atom is 0.217 e. The Morgan fingerprint density at radius 2 is 1.68 bits per heavy atom. The highest BCUT2D eigenvalue weighted by atomic mass is 16.5. The number of nitrogens with zero attached hydrogens (tertiary/aromatic N) is 2. The Labute approximate surface area is 199 Å². The molecular weight excluding hydrogens is 432 g/mol. The summed E-state index contributed by atoms with van der Waals surface area (Å²) >= 11 is 0. The van der Waals surface area contributed by atoms with Gasteiger partial charge in [-0.1, -0.05) is 30.3 Å². The van der Waals surface area contributed by atoms with Crippen LogP contribution in [0.4, 0.5) is 0 Å². The molecule has 7 heteroatoms. The second kappa shape index (κ2) is 9.17. The lowest BCUT2D eigenvalue weighted by molar-refractivity contribution is -0.0226. The van der Waals surface area contributed by atoms with Crippen molar-refractivity contribution in [2.45, 2.75) is 25.6 Å². The minimum atomic E-state index is -0.521. The van der Waals surface area contributed by atoms with Gasteiger partial charge in [0, 0.05) is 17.5 Å². The summed E-state index contributed by atoms with van der Waals surface area (Å²) in [6.07, 6.45) is 0.203. The number of fused-ring (bicyclic) bond motifs is 3. The van der Waals surface area contributed by atoms with E-state index in [0.717, 1.165) is 46.1 Å². The Morgan fingerprint density at radius 1 is 0.912 bits per heavy atom. The van der Waals surface area contributed by atoms with E-state index in [1.807, 2.05) is 60.5 Å². The largest absolute Gasteiger partial charge is 0.497 e. The van der Waals surface area contributed by atoms with Gasteiger partial charge in [0.2, 0.25) is 6.23 Å². The summed E-state index contributed by atoms with van der Waals surface area (Å²) in [5, 5.41) is 7.07. The minimum absolute atomic E-state index is 0.0220. The van der Waals surface area contributed by atoms with Gasteiger partial charge in [0.15, 0.2) is 23.0 Å². The summed E-state index contributed by atoms with van der Waals surface area (Å²) in [7, 11) is 4.93. The number of hydrazone groups is 1. The van der Waals surface area contributed by atoms with E-state index in [-0.39, 0.29) is 6.04 Å². The van der Waals surface area contributed by atoms with Gasteiger partial charge in [-0.15, -0.1) is 0 Å². The molecule has 0 spiro atoms. The lowest BCUT2D eigenvalue weighted by atomic mass is 9.95. The van der Waals surface area contributed by atoms with E-state index in [0.29, 0.717) is 18.1 Å². The molecule has 0 N–H and O–H groups in total. The monoisotopic (exact) mass is 460 g/mol. The zero-order chi connectivity index (χ0) is 23.7. The number of hydrogen-bond donors (Lipinski definition) is 0. The van der Waals surface area contributed by atoms with Crippen LogP contribution in [-0.4, -0.2) is 38.7 Å². The topological polar surface area (TPSA) is 61.8 Å². The molecule has 2 heterocycles.